The number of carbonyl (C=O) groups is 1. The Hall–Kier alpha value is -2.34. The van der Waals surface area contributed by atoms with Crippen molar-refractivity contribution in [2.24, 2.45) is 7.05 Å². The number of aromatic nitrogens is 2. The summed E-state index contributed by atoms with van der Waals surface area (Å²) in [5.74, 6) is 0.0968. The van der Waals surface area contributed by atoms with Crippen molar-refractivity contribution in [3.05, 3.63) is 63.5 Å². The number of esters is 1. The zero-order chi connectivity index (χ0) is 16.4. The molecular formula is C17H15BrN2O3. The third-order valence-corrected chi connectivity index (χ3v) is 4.31. The smallest absolute Gasteiger partial charge is 0.328 e. The molecule has 3 rings (SSSR count). The van der Waals surface area contributed by atoms with E-state index in [9.17, 15) is 9.59 Å². The number of imidazole rings is 1. The molecule has 0 saturated heterocycles. The number of aryl methyl sites for hydroxylation is 2. The molecule has 0 aliphatic rings. The van der Waals surface area contributed by atoms with Crippen LogP contribution < -0.4 is 10.4 Å². The number of carbonyl (C=O) groups excluding carboxylic acids is 1. The van der Waals surface area contributed by atoms with Gasteiger partial charge in [0.25, 0.3) is 0 Å². The minimum absolute atomic E-state index is 0.120. The molecule has 0 spiro atoms. The zero-order valence-electron chi connectivity index (χ0n) is 12.5. The number of hydrogen-bond donors (Lipinski definition) is 0. The lowest BCUT2D eigenvalue weighted by Crippen LogP contribution is -2.24. The van der Waals surface area contributed by atoms with Crippen molar-refractivity contribution in [1.29, 1.82) is 0 Å². The minimum atomic E-state index is -0.378. The van der Waals surface area contributed by atoms with Crippen molar-refractivity contribution in [3.63, 3.8) is 0 Å². The lowest BCUT2D eigenvalue weighted by molar-refractivity contribution is -0.134. The number of halogens is 1. The zero-order valence-corrected chi connectivity index (χ0v) is 14.1. The van der Waals surface area contributed by atoms with Crippen LogP contribution in [0.4, 0.5) is 0 Å². The minimum Gasteiger partial charge on any atom is -0.425 e. The predicted octanol–water partition coefficient (Wildman–Crippen LogP) is 3.10. The van der Waals surface area contributed by atoms with Crippen LogP contribution in [0.3, 0.4) is 0 Å². The molecule has 0 bridgehead atoms. The summed E-state index contributed by atoms with van der Waals surface area (Å²) in [5, 5.41) is 0. The van der Waals surface area contributed by atoms with Gasteiger partial charge < -0.3 is 4.74 Å². The van der Waals surface area contributed by atoms with Crippen molar-refractivity contribution in [2.75, 3.05) is 0 Å². The van der Waals surface area contributed by atoms with Gasteiger partial charge in [0.2, 0.25) is 0 Å². The van der Waals surface area contributed by atoms with Gasteiger partial charge in [-0.3, -0.25) is 13.9 Å². The van der Waals surface area contributed by atoms with Crippen molar-refractivity contribution < 1.29 is 9.53 Å². The lowest BCUT2D eigenvalue weighted by atomic mass is 10.3. The van der Waals surface area contributed by atoms with E-state index in [1.807, 2.05) is 30.3 Å². The van der Waals surface area contributed by atoms with E-state index in [0.29, 0.717) is 5.75 Å². The van der Waals surface area contributed by atoms with Crippen LogP contribution in [0.5, 0.6) is 5.75 Å². The molecule has 2 aromatic carbocycles. The molecule has 0 N–H and O–H groups in total. The third kappa shape index (κ3) is 3.07. The van der Waals surface area contributed by atoms with Crippen molar-refractivity contribution in [2.45, 2.75) is 13.0 Å². The molecule has 0 fully saturated rings. The number of nitrogens with zero attached hydrogens (tertiary/aromatic N) is 2. The monoisotopic (exact) mass is 374 g/mol. The van der Waals surface area contributed by atoms with E-state index in [-0.39, 0.29) is 24.6 Å². The normalized spacial score (nSPS) is 10.9. The lowest BCUT2D eigenvalue weighted by Gasteiger charge is -2.06. The molecule has 23 heavy (non-hydrogen) atoms. The largest absolute Gasteiger partial charge is 0.425 e. The molecule has 0 atom stereocenters. The maximum Gasteiger partial charge on any atom is 0.328 e. The average Bonchev–Trinajstić information content (AvgIpc) is 2.80. The molecule has 1 heterocycles. The SMILES string of the molecule is Cn1c(=O)n(CCC(=O)Oc2ccccc2Br)c2ccccc21. The molecule has 3 aromatic rings. The topological polar surface area (TPSA) is 53.2 Å². The fourth-order valence-electron chi connectivity index (χ4n) is 2.48. The van der Waals surface area contributed by atoms with Gasteiger partial charge in [0.05, 0.1) is 21.9 Å². The summed E-state index contributed by atoms with van der Waals surface area (Å²) in [7, 11) is 1.72. The van der Waals surface area contributed by atoms with Gasteiger partial charge >= 0.3 is 11.7 Å². The van der Waals surface area contributed by atoms with Crippen molar-refractivity contribution >= 4 is 32.9 Å². The van der Waals surface area contributed by atoms with Crippen LogP contribution in [0.15, 0.2) is 57.8 Å². The van der Waals surface area contributed by atoms with Crippen molar-refractivity contribution in [1.82, 2.24) is 9.13 Å². The number of fused-ring (bicyclic) bond motifs is 1. The highest BCUT2D eigenvalue weighted by Crippen LogP contribution is 2.24. The first-order chi connectivity index (χ1) is 11.1. The molecule has 0 unspecified atom stereocenters. The van der Waals surface area contributed by atoms with Gasteiger partial charge in [-0.2, -0.15) is 0 Å². The Morgan fingerprint density at radius 1 is 1.09 bits per heavy atom. The highest BCUT2D eigenvalue weighted by molar-refractivity contribution is 9.10. The highest BCUT2D eigenvalue weighted by atomic mass is 79.9. The van der Waals surface area contributed by atoms with Gasteiger partial charge in [0.15, 0.2) is 0 Å². The summed E-state index contributed by atoms with van der Waals surface area (Å²) in [5.41, 5.74) is 1.52. The average molecular weight is 375 g/mol. The molecular weight excluding hydrogens is 360 g/mol. The van der Waals surface area contributed by atoms with E-state index in [2.05, 4.69) is 15.9 Å². The van der Waals surface area contributed by atoms with Gasteiger partial charge in [-0.15, -0.1) is 0 Å². The fourth-order valence-corrected chi connectivity index (χ4v) is 2.85. The van der Waals surface area contributed by atoms with Crippen LogP contribution >= 0.6 is 15.9 Å². The van der Waals surface area contributed by atoms with E-state index in [0.717, 1.165) is 15.5 Å². The molecule has 5 nitrogen and oxygen atoms in total. The number of benzene rings is 2. The van der Waals surface area contributed by atoms with E-state index in [4.69, 9.17) is 4.74 Å². The molecule has 0 aliphatic carbocycles. The number of hydrogen-bond acceptors (Lipinski definition) is 3. The number of ether oxygens (including phenoxy) is 1. The maximum atomic E-state index is 12.3. The summed E-state index contributed by atoms with van der Waals surface area (Å²) in [4.78, 5) is 24.3. The summed E-state index contributed by atoms with van der Waals surface area (Å²) in [6.07, 6.45) is 0.120. The summed E-state index contributed by atoms with van der Waals surface area (Å²) >= 11 is 3.33. The third-order valence-electron chi connectivity index (χ3n) is 3.65. The van der Waals surface area contributed by atoms with Gasteiger partial charge in [-0.05, 0) is 40.2 Å². The maximum absolute atomic E-state index is 12.3. The van der Waals surface area contributed by atoms with Crippen LogP contribution in [-0.4, -0.2) is 15.1 Å². The molecule has 1 aromatic heterocycles. The first-order valence-corrected chi connectivity index (χ1v) is 7.96. The van der Waals surface area contributed by atoms with E-state index in [1.165, 1.54) is 0 Å². The molecule has 0 radical (unpaired) electrons. The molecule has 0 aliphatic heterocycles. The van der Waals surface area contributed by atoms with E-state index < -0.39 is 0 Å². The van der Waals surface area contributed by atoms with Crippen LogP contribution in [0.1, 0.15) is 6.42 Å². The van der Waals surface area contributed by atoms with Gasteiger partial charge in [-0.25, -0.2) is 4.79 Å². The summed E-state index contributed by atoms with van der Waals surface area (Å²) in [6, 6.07) is 14.7. The van der Waals surface area contributed by atoms with Crippen LogP contribution in [0.25, 0.3) is 11.0 Å². The van der Waals surface area contributed by atoms with Gasteiger partial charge in [0.1, 0.15) is 5.75 Å². The van der Waals surface area contributed by atoms with Crippen LogP contribution in [0, 0.1) is 0 Å². The Labute approximate surface area is 141 Å². The molecule has 0 amide bonds. The summed E-state index contributed by atoms with van der Waals surface area (Å²) < 4.78 is 9.21. The highest BCUT2D eigenvalue weighted by Gasteiger charge is 2.13. The Bertz CT molecular complexity index is 927. The second-order valence-electron chi connectivity index (χ2n) is 5.14. The Kier molecular flexibility index (Phi) is 4.34. The first kappa shape index (κ1) is 15.6. The molecule has 0 saturated carbocycles. The van der Waals surface area contributed by atoms with Gasteiger partial charge in [-0.1, -0.05) is 24.3 Å². The predicted molar refractivity (Wildman–Crippen MR) is 91.6 cm³/mol. The Morgan fingerprint density at radius 2 is 1.74 bits per heavy atom. The number of rotatable bonds is 4. The molecule has 6 heteroatoms. The fraction of sp³-hybridized carbons (Fsp3) is 0.176. The van der Waals surface area contributed by atoms with Crippen molar-refractivity contribution in [3.8, 4) is 5.75 Å². The van der Waals surface area contributed by atoms with Gasteiger partial charge in [0, 0.05) is 13.6 Å². The van der Waals surface area contributed by atoms with Crippen LogP contribution in [0.2, 0.25) is 0 Å². The van der Waals surface area contributed by atoms with E-state index in [1.54, 1.807) is 34.4 Å². The first-order valence-electron chi connectivity index (χ1n) is 7.17. The van der Waals surface area contributed by atoms with E-state index >= 15 is 0 Å². The second-order valence-corrected chi connectivity index (χ2v) is 5.99. The molecule has 118 valence electrons. The number of para-hydroxylation sites is 3. The second kappa shape index (κ2) is 6.42. The summed E-state index contributed by atoms with van der Waals surface area (Å²) in [6.45, 7) is 0.281. The Balaban J connectivity index is 1.76. The van der Waals surface area contributed by atoms with Crippen LogP contribution in [-0.2, 0) is 18.4 Å². The standard InChI is InChI=1S/C17H15BrN2O3/c1-19-13-7-3-4-8-14(13)20(17(19)22)11-10-16(21)23-15-9-5-2-6-12(15)18/h2-9H,10-11H2,1H3. The Morgan fingerprint density at radius 3 is 2.48 bits per heavy atom. The quantitative estimate of drug-likeness (QED) is 0.520.